The van der Waals surface area contributed by atoms with Crippen LogP contribution >= 0.6 is 0 Å². The van der Waals surface area contributed by atoms with Crippen LogP contribution < -0.4 is 15.4 Å². The number of sulfonamides is 1. The molecule has 0 radical (unpaired) electrons. The minimum Gasteiger partial charge on any atom is -0.399 e. The highest BCUT2D eigenvalue weighted by atomic mass is 32.2. The van der Waals surface area contributed by atoms with E-state index in [-0.39, 0.29) is 12.4 Å². The van der Waals surface area contributed by atoms with Crippen molar-refractivity contribution in [3.05, 3.63) is 23.8 Å². The van der Waals surface area contributed by atoms with E-state index < -0.39 is 10.0 Å². The maximum Gasteiger partial charge on any atom is 0.212 e. The molecule has 0 heterocycles. The fourth-order valence-electron chi connectivity index (χ4n) is 1.52. The van der Waals surface area contributed by atoms with Crippen molar-refractivity contribution in [2.45, 2.75) is 20.8 Å². The Kier molecular flexibility index (Phi) is 4.98. The number of rotatable bonds is 6. The summed E-state index contributed by atoms with van der Waals surface area (Å²) in [6, 6.07) is 5.69. The Labute approximate surface area is 109 Å². The van der Waals surface area contributed by atoms with Gasteiger partial charge >= 0.3 is 0 Å². The predicted octanol–water partition coefficient (Wildman–Crippen LogP) is 1.30. The first-order valence-electron chi connectivity index (χ1n) is 5.98. The van der Waals surface area contributed by atoms with Crippen LogP contribution in [-0.4, -0.2) is 27.4 Å². The summed E-state index contributed by atoms with van der Waals surface area (Å²) < 4.78 is 25.4. The SMILES string of the molecule is CCN(CNS(=O)(=O)CC)c1ccc(N)c(C)c1. The molecule has 0 aliphatic rings. The number of hydrogen-bond acceptors (Lipinski definition) is 4. The molecular formula is C12H21N3O2S. The molecule has 3 N–H and O–H groups in total. The van der Waals surface area contributed by atoms with Crippen molar-refractivity contribution in [2.75, 3.05) is 29.6 Å². The summed E-state index contributed by atoms with van der Waals surface area (Å²) in [5, 5.41) is 0. The number of nitrogen functional groups attached to an aromatic ring is 1. The van der Waals surface area contributed by atoms with Crippen LogP contribution in [0, 0.1) is 6.92 Å². The summed E-state index contributed by atoms with van der Waals surface area (Å²) in [6.45, 7) is 6.52. The molecule has 0 fully saturated rings. The Balaban J connectivity index is 2.80. The van der Waals surface area contributed by atoms with Gasteiger partial charge in [-0.2, -0.15) is 4.72 Å². The molecule has 1 rings (SSSR count). The summed E-state index contributed by atoms with van der Waals surface area (Å²) in [5.41, 5.74) is 8.46. The molecule has 0 aliphatic carbocycles. The van der Waals surface area contributed by atoms with Gasteiger partial charge in [0.1, 0.15) is 0 Å². The summed E-state index contributed by atoms with van der Waals surface area (Å²) in [4.78, 5) is 1.94. The van der Waals surface area contributed by atoms with Crippen LogP contribution in [-0.2, 0) is 10.0 Å². The average Bonchev–Trinajstić information content (AvgIpc) is 2.34. The predicted molar refractivity (Wildman–Crippen MR) is 76.1 cm³/mol. The third kappa shape index (κ3) is 3.89. The first-order valence-corrected chi connectivity index (χ1v) is 7.63. The number of aryl methyl sites for hydroxylation is 1. The minimum absolute atomic E-state index is 0.0886. The molecule has 0 amide bonds. The van der Waals surface area contributed by atoms with Gasteiger partial charge in [-0.1, -0.05) is 0 Å². The maximum absolute atomic E-state index is 11.4. The minimum atomic E-state index is -3.17. The second kappa shape index (κ2) is 6.06. The lowest BCUT2D eigenvalue weighted by Gasteiger charge is -2.24. The fraction of sp³-hybridized carbons (Fsp3) is 0.500. The second-order valence-electron chi connectivity index (χ2n) is 4.10. The molecule has 18 heavy (non-hydrogen) atoms. The Morgan fingerprint density at radius 2 is 2.00 bits per heavy atom. The molecule has 0 saturated heterocycles. The zero-order valence-electron chi connectivity index (χ0n) is 11.1. The molecule has 5 nitrogen and oxygen atoms in total. The van der Waals surface area contributed by atoms with Gasteiger partial charge in [-0.25, -0.2) is 8.42 Å². The van der Waals surface area contributed by atoms with E-state index in [2.05, 4.69) is 4.72 Å². The van der Waals surface area contributed by atoms with Gasteiger partial charge in [0, 0.05) is 17.9 Å². The highest BCUT2D eigenvalue weighted by molar-refractivity contribution is 7.89. The highest BCUT2D eigenvalue weighted by Crippen LogP contribution is 2.19. The Hall–Kier alpha value is -1.27. The molecule has 1 aromatic carbocycles. The maximum atomic E-state index is 11.4. The molecular weight excluding hydrogens is 250 g/mol. The van der Waals surface area contributed by atoms with Gasteiger partial charge in [0.05, 0.1) is 12.4 Å². The van der Waals surface area contributed by atoms with E-state index in [0.717, 1.165) is 23.5 Å². The van der Waals surface area contributed by atoms with Gasteiger partial charge in [0.25, 0.3) is 0 Å². The highest BCUT2D eigenvalue weighted by Gasteiger charge is 2.10. The van der Waals surface area contributed by atoms with E-state index in [1.54, 1.807) is 6.92 Å². The van der Waals surface area contributed by atoms with E-state index in [1.807, 2.05) is 36.9 Å². The Morgan fingerprint density at radius 1 is 1.33 bits per heavy atom. The van der Waals surface area contributed by atoms with Crippen molar-refractivity contribution in [1.29, 1.82) is 0 Å². The molecule has 1 aromatic rings. The van der Waals surface area contributed by atoms with Crippen molar-refractivity contribution in [1.82, 2.24) is 4.72 Å². The smallest absolute Gasteiger partial charge is 0.212 e. The normalized spacial score (nSPS) is 11.5. The van der Waals surface area contributed by atoms with Crippen LogP contribution in [0.2, 0.25) is 0 Å². The van der Waals surface area contributed by atoms with Gasteiger partial charge in [0.2, 0.25) is 10.0 Å². The average molecular weight is 271 g/mol. The largest absolute Gasteiger partial charge is 0.399 e. The van der Waals surface area contributed by atoms with Gasteiger partial charge < -0.3 is 10.6 Å². The van der Waals surface area contributed by atoms with E-state index in [1.165, 1.54) is 0 Å². The summed E-state index contributed by atoms with van der Waals surface area (Å²) in [7, 11) is -3.17. The quantitative estimate of drug-likeness (QED) is 0.604. The number of hydrogen-bond donors (Lipinski definition) is 2. The molecule has 0 atom stereocenters. The first kappa shape index (κ1) is 14.8. The molecule has 0 aliphatic heterocycles. The van der Waals surface area contributed by atoms with Crippen LogP contribution in [0.25, 0.3) is 0 Å². The van der Waals surface area contributed by atoms with Crippen LogP contribution in [0.3, 0.4) is 0 Å². The van der Waals surface area contributed by atoms with Crippen LogP contribution in [0.5, 0.6) is 0 Å². The molecule has 0 aromatic heterocycles. The number of nitrogens with two attached hydrogens (primary N) is 1. The van der Waals surface area contributed by atoms with Crippen LogP contribution in [0.1, 0.15) is 19.4 Å². The topological polar surface area (TPSA) is 75.4 Å². The van der Waals surface area contributed by atoms with E-state index in [9.17, 15) is 8.42 Å². The van der Waals surface area contributed by atoms with E-state index >= 15 is 0 Å². The number of benzene rings is 1. The number of anilines is 2. The third-order valence-electron chi connectivity index (χ3n) is 2.86. The van der Waals surface area contributed by atoms with Crippen molar-refractivity contribution < 1.29 is 8.42 Å². The Morgan fingerprint density at radius 3 is 2.50 bits per heavy atom. The lowest BCUT2D eigenvalue weighted by Crippen LogP contribution is -2.38. The van der Waals surface area contributed by atoms with E-state index in [4.69, 9.17) is 5.73 Å². The van der Waals surface area contributed by atoms with Crippen molar-refractivity contribution in [3.63, 3.8) is 0 Å². The second-order valence-corrected chi connectivity index (χ2v) is 6.20. The van der Waals surface area contributed by atoms with Crippen LogP contribution in [0.15, 0.2) is 18.2 Å². The number of nitrogens with one attached hydrogen (secondary N) is 1. The lowest BCUT2D eigenvalue weighted by molar-refractivity contribution is 0.581. The van der Waals surface area contributed by atoms with Crippen molar-refractivity contribution in [2.24, 2.45) is 0 Å². The van der Waals surface area contributed by atoms with Gasteiger partial charge in [0.15, 0.2) is 0 Å². The molecule has 0 spiro atoms. The van der Waals surface area contributed by atoms with Crippen molar-refractivity contribution in [3.8, 4) is 0 Å². The number of nitrogens with zero attached hydrogens (tertiary/aromatic N) is 1. The molecule has 0 bridgehead atoms. The zero-order valence-corrected chi connectivity index (χ0v) is 11.9. The summed E-state index contributed by atoms with van der Waals surface area (Å²) in [6.07, 6.45) is 0. The van der Waals surface area contributed by atoms with Gasteiger partial charge in [-0.3, -0.25) is 0 Å². The lowest BCUT2D eigenvalue weighted by atomic mass is 10.2. The zero-order chi connectivity index (χ0) is 13.8. The van der Waals surface area contributed by atoms with E-state index in [0.29, 0.717) is 0 Å². The molecule has 102 valence electrons. The Bertz CT molecular complexity index is 500. The first-order chi connectivity index (χ1) is 8.39. The fourth-order valence-corrected chi connectivity index (χ4v) is 2.08. The summed E-state index contributed by atoms with van der Waals surface area (Å²) in [5.74, 6) is 0.0886. The molecule has 6 heteroatoms. The van der Waals surface area contributed by atoms with Crippen molar-refractivity contribution >= 4 is 21.4 Å². The standard InChI is InChI=1S/C12H21N3O2S/c1-4-15(9-14-18(16,17)5-2)11-6-7-12(13)10(3)8-11/h6-8,14H,4-5,9,13H2,1-3H3. The third-order valence-corrected chi connectivity index (χ3v) is 4.18. The molecule has 0 unspecified atom stereocenters. The van der Waals surface area contributed by atoms with Gasteiger partial charge in [-0.15, -0.1) is 0 Å². The monoisotopic (exact) mass is 271 g/mol. The summed E-state index contributed by atoms with van der Waals surface area (Å²) >= 11 is 0. The molecule has 0 saturated carbocycles. The van der Waals surface area contributed by atoms with Crippen LogP contribution in [0.4, 0.5) is 11.4 Å². The van der Waals surface area contributed by atoms with Gasteiger partial charge in [-0.05, 0) is 44.5 Å².